The molecule has 6 aromatic rings. The predicted molar refractivity (Wildman–Crippen MR) is 192 cm³/mol. The van der Waals surface area contributed by atoms with Crippen molar-refractivity contribution in [2.24, 2.45) is 5.92 Å². The molecule has 0 radical (unpaired) electrons. The first kappa shape index (κ1) is 29.7. The van der Waals surface area contributed by atoms with Crippen molar-refractivity contribution >= 4 is 39.1 Å². The number of aromatic amines is 2. The largest absolute Gasteiger partial charge is 0.398 e. The fourth-order valence-corrected chi connectivity index (χ4v) is 9.01. The van der Waals surface area contributed by atoms with Gasteiger partial charge in [0.05, 0.1) is 18.1 Å². The zero-order chi connectivity index (χ0) is 32.2. The minimum absolute atomic E-state index is 0.172. The third-order valence-electron chi connectivity index (χ3n) is 10.9. The molecule has 2 bridgehead atoms. The first-order valence-electron chi connectivity index (χ1n) is 17.5. The number of benzene rings is 3. The molecule has 4 N–H and O–H groups in total. The summed E-state index contributed by atoms with van der Waals surface area (Å²) >= 11 is 6.26. The lowest BCUT2D eigenvalue weighted by atomic mass is 9.70. The summed E-state index contributed by atoms with van der Waals surface area (Å²) in [7, 11) is 0. The number of anilines is 1. The van der Waals surface area contributed by atoms with Gasteiger partial charge in [-0.15, -0.1) is 0 Å². The maximum atomic E-state index is 6.77. The SMILES string of the molecule is Nc1c2c(nc3cc(Cl)ccc13)CC1C=C(CCCC[n+]3cc(CN4CCc5c([nH]c6ccccc56)C4c4ccccc4)n[nH]3)CC2C1. The maximum Gasteiger partial charge on any atom is 0.232 e. The van der Waals surface area contributed by atoms with Crippen molar-refractivity contribution in [2.45, 2.75) is 70.0 Å². The van der Waals surface area contributed by atoms with Crippen LogP contribution in [0.2, 0.25) is 5.02 Å². The molecule has 7 nitrogen and oxygen atoms in total. The number of aromatic nitrogens is 5. The number of aryl methyl sites for hydroxylation is 1. The topological polar surface area (TPSA) is 90.5 Å². The molecule has 9 rings (SSSR count). The van der Waals surface area contributed by atoms with Crippen molar-refractivity contribution in [3.8, 4) is 0 Å². The molecule has 3 aromatic heterocycles. The van der Waals surface area contributed by atoms with Gasteiger partial charge in [0.15, 0.2) is 6.20 Å². The van der Waals surface area contributed by atoms with Gasteiger partial charge in [-0.25, -0.2) is 0 Å². The number of nitrogen functional groups attached to an aromatic ring is 1. The molecular weight excluding hydrogens is 614 g/mol. The number of allylic oxidation sites excluding steroid dienone is 2. The summed E-state index contributed by atoms with van der Waals surface area (Å²) in [5.74, 6) is 1.01. The van der Waals surface area contributed by atoms with Crippen molar-refractivity contribution in [1.29, 1.82) is 0 Å². The number of fused-ring (bicyclic) bond motifs is 8. The van der Waals surface area contributed by atoms with Crippen LogP contribution in [0.3, 0.4) is 0 Å². The Labute approximate surface area is 285 Å². The number of H-pyrrole nitrogens is 2. The van der Waals surface area contributed by atoms with Gasteiger partial charge in [0, 0.05) is 55.6 Å². The number of para-hydroxylation sites is 1. The Morgan fingerprint density at radius 3 is 2.77 bits per heavy atom. The summed E-state index contributed by atoms with van der Waals surface area (Å²) in [6.07, 6.45) is 12.4. The highest BCUT2D eigenvalue weighted by molar-refractivity contribution is 6.31. The van der Waals surface area contributed by atoms with E-state index in [0.717, 1.165) is 80.4 Å². The monoisotopic (exact) mass is 654 g/mol. The van der Waals surface area contributed by atoms with Crippen LogP contribution >= 0.6 is 11.6 Å². The van der Waals surface area contributed by atoms with Gasteiger partial charge in [-0.1, -0.05) is 77.0 Å². The van der Waals surface area contributed by atoms with E-state index >= 15 is 0 Å². The molecule has 0 spiro atoms. The van der Waals surface area contributed by atoms with E-state index in [1.165, 1.54) is 45.4 Å². The van der Waals surface area contributed by atoms with E-state index < -0.39 is 0 Å². The van der Waals surface area contributed by atoms with Gasteiger partial charge in [-0.05, 0) is 92.2 Å². The Morgan fingerprint density at radius 1 is 0.979 bits per heavy atom. The Hall–Kier alpha value is -4.46. The summed E-state index contributed by atoms with van der Waals surface area (Å²) in [5.41, 5.74) is 19.0. The van der Waals surface area contributed by atoms with Gasteiger partial charge in [0.2, 0.25) is 5.69 Å². The molecule has 3 atom stereocenters. The van der Waals surface area contributed by atoms with Crippen LogP contribution < -0.4 is 10.4 Å². The zero-order valence-corrected chi connectivity index (χ0v) is 27.9. The molecule has 3 aromatic carbocycles. The van der Waals surface area contributed by atoms with Gasteiger partial charge in [-0.2, -0.15) is 4.68 Å². The van der Waals surface area contributed by atoms with Gasteiger partial charge in [0.25, 0.3) is 0 Å². The molecule has 0 amide bonds. The van der Waals surface area contributed by atoms with Crippen LogP contribution in [0.4, 0.5) is 5.69 Å². The highest BCUT2D eigenvalue weighted by atomic mass is 35.5. The number of hydrogen-bond donors (Lipinski definition) is 3. The smallest absolute Gasteiger partial charge is 0.232 e. The van der Waals surface area contributed by atoms with Crippen LogP contribution in [0, 0.1) is 5.92 Å². The lowest BCUT2D eigenvalue weighted by Gasteiger charge is -2.36. The summed E-state index contributed by atoms with van der Waals surface area (Å²) in [5, 5.41) is 11.1. The minimum Gasteiger partial charge on any atom is -0.398 e. The van der Waals surface area contributed by atoms with Crippen LogP contribution in [0.15, 0.2) is 90.6 Å². The van der Waals surface area contributed by atoms with Crippen molar-refractivity contribution in [2.75, 3.05) is 12.3 Å². The molecular formula is C40H41ClN7+. The molecule has 0 saturated carbocycles. The Morgan fingerprint density at radius 2 is 1.85 bits per heavy atom. The molecule has 0 fully saturated rings. The van der Waals surface area contributed by atoms with Gasteiger partial charge >= 0.3 is 0 Å². The molecule has 8 heteroatoms. The third-order valence-corrected chi connectivity index (χ3v) is 11.2. The molecule has 3 aliphatic rings. The average molecular weight is 655 g/mol. The van der Waals surface area contributed by atoms with E-state index in [9.17, 15) is 0 Å². The fraction of sp³-hybridized carbons (Fsp3) is 0.325. The number of pyridine rings is 1. The van der Waals surface area contributed by atoms with E-state index in [4.69, 9.17) is 27.4 Å². The number of nitrogens with zero attached hydrogens (tertiary/aromatic N) is 4. The molecule has 242 valence electrons. The first-order chi connectivity index (χ1) is 23.6. The summed E-state index contributed by atoms with van der Waals surface area (Å²) in [6, 6.07) is 25.6. The Bertz CT molecular complexity index is 2160. The fourth-order valence-electron chi connectivity index (χ4n) is 8.85. The van der Waals surface area contributed by atoms with E-state index in [1.807, 2.05) is 18.2 Å². The minimum atomic E-state index is 0.172. The second-order valence-corrected chi connectivity index (χ2v) is 14.5. The summed E-state index contributed by atoms with van der Waals surface area (Å²) in [4.78, 5) is 11.4. The van der Waals surface area contributed by atoms with E-state index in [2.05, 4.69) is 86.6 Å². The van der Waals surface area contributed by atoms with Gasteiger partial charge < -0.3 is 10.7 Å². The van der Waals surface area contributed by atoms with Crippen LogP contribution in [0.25, 0.3) is 21.8 Å². The molecule has 2 aliphatic carbocycles. The van der Waals surface area contributed by atoms with Crippen LogP contribution in [0.1, 0.15) is 77.8 Å². The van der Waals surface area contributed by atoms with E-state index in [-0.39, 0.29) is 6.04 Å². The third kappa shape index (κ3) is 5.39. The summed E-state index contributed by atoms with van der Waals surface area (Å²) in [6.45, 7) is 2.74. The number of halogens is 1. The van der Waals surface area contributed by atoms with Crippen LogP contribution in [-0.2, 0) is 25.9 Å². The molecule has 1 aliphatic heterocycles. The molecule has 0 saturated heterocycles. The highest BCUT2D eigenvalue weighted by Crippen LogP contribution is 2.47. The van der Waals surface area contributed by atoms with Crippen molar-refractivity contribution in [1.82, 2.24) is 25.2 Å². The normalized spacial score (nSPS) is 20.5. The lowest BCUT2D eigenvalue weighted by molar-refractivity contribution is -0.754. The molecule has 48 heavy (non-hydrogen) atoms. The Balaban J connectivity index is 0.840. The molecule has 3 unspecified atom stereocenters. The Kier molecular flexibility index (Phi) is 7.54. The van der Waals surface area contributed by atoms with Gasteiger partial charge in [-0.3, -0.25) is 9.88 Å². The number of hydrogen-bond acceptors (Lipinski definition) is 4. The van der Waals surface area contributed by atoms with E-state index in [1.54, 1.807) is 5.57 Å². The van der Waals surface area contributed by atoms with Crippen molar-refractivity contribution in [3.05, 3.63) is 129 Å². The lowest BCUT2D eigenvalue weighted by Crippen LogP contribution is -2.36. The van der Waals surface area contributed by atoms with Crippen molar-refractivity contribution in [3.63, 3.8) is 0 Å². The van der Waals surface area contributed by atoms with Gasteiger partial charge in [0.1, 0.15) is 6.54 Å². The standard InChI is InChI=1S/C40H40ClN7/c41-29-13-14-33-35(22-29)43-36-21-26-18-25(19-28(20-26)37(36)38(33)42)8-6-7-16-48-24-30(45-46-48)23-47-17-15-32-31-11-4-5-12-34(31)44-39(32)40(47)27-9-2-1-3-10-27/h1-5,9-14,18,22,24,26,28,40,44H,6-8,15-17,19-21,23H2,(H2,42,43)/p+1. The van der Waals surface area contributed by atoms with Crippen LogP contribution in [0.5, 0.6) is 0 Å². The number of nitrogens with two attached hydrogens (primary N) is 1. The second-order valence-electron chi connectivity index (χ2n) is 14.1. The van der Waals surface area contributed by atoms with Crippen LogP contribution in [-0.4, -0.2) is 31.7 Å². The zero-order valence-electron chi connectivity index (χ0n) is 27.1. The summed E-state index contributed by atoms with van der Waals surface area (Å²) < 4.78 is 2.16. The number of unbranched alkanes of at least 4 members (excludes halogenated alkanes) is 1. The molecule has 4 heterocycles. The maximum absolute atomic E-state index is 6.77. The highest BCUT2D eigenvalue weighted by Gasteiger charge is 2.35. The first-order valence-corrected chi connectivity index (χ1v) is 17.8. The quantitative estimate of drug-likeness (QED) is 0.0883. The second kappa shape index (κ2) is 12.2. The predicted octanol–water partition coefficient (Wildman–Crippen LogP) is 7.96. The van der Waals surface area contributed by atoms with E-state index in [0.29, 0.717) is 16.9 Å². The average Bonchev–Trinajstić information content (AvgIpc) is 3.70. The van der Waals surface area contributed by atoms with Crippen molar-refractivity contribution < 1.29 is 4.68 Å². The number of rotatable bonds is 8. The number of nitrogens with one attached hydrogen (secondary N) is 2.